The fraction of sp³-hybridized carbons (Fsp3) is 0.429. The van der Waals surface area contributed by atoms with E-state index in [0.29, 0.717) is 29.3 Å². The van der Waals surface area contributed by atoms with Crippen LogP contribution in [0.2, 0.25) is 0 Å². The van der Waals surface area contributed by atoms with Gasteiger partial charge in [0.2, 0.25) is 5.91 Å². The van der Waals surface area contributed by atoms with Crippen LogP contribution in [0.1, 0.15) is 18.4 Å². The lowest BCUT2D eigenvalue weighted by molar-refractivity contribution is -0.130. The lowest BCUT2D eigenvalue weighted by Gasteiger charge is -2.17. The highest BCUT2D eigenvalue weighted by molar-refractivity contribution is 7.80. The van der Waals surface area contributed by atoms with Crippen LogP contribution in [0.4, 0.5) is 4.39 Å². The van der Waals surface area contributed by atoms with Gasteiger partial charge < -0.3 is 15.4 Å². The number of halogens is 1. The van der Waals surface area contributed by atoms with E-state index in [1.165, 1.54) is 12.1 Å². The minimum atomic E-state index is -0.302. The monoisotopic (exact) mass is 298 g/mol. The van der Waals surface area contributed by atoms with Gasteiger partial charge in [0.1, 0.15) is 11.6 Å². The van der Waals surface area contributed by atoms with E-state index in [-0.39, 0.29) is 24.8 Å². The van der Waals surface area contributed by atoms with Crippen molar-refractivity contribution in [3.8, 4) is 5.75 Å². The fourth-order valence-electron chi connectivity index (χ4n) is 1.62. The molecule has 4 nitrogen and oxygen atoms in total. The summed E-state index contributed by atoms with van der Waals surface area (Å²) in [5.74, 6) is 0.245. The molecular formula is C14H19FN2O2S. The Morgan fingerprint density at radius 3 is 2.75 bits per heavy atom. The smallest absolute Gasteiger partial charge is 0.225 e. The quantitative estimate of drug-likeness (QED) is 0.783. The van der Waals surface area contributed by atoms with Crippen LogP contribution in [0.5, 0.6) is 5.75 Å². The van der Waals surface area contributed by atoms with Gasteiger partial charge in [0.05, 0.1) is 18.0 Å². The van der Waals surface area contributed by atoms with E-state index in [0.717, 1.165) is 0 Å². The van der Waals surface area contributed by atoms with Crippen LogP contribution in [-0.2, 0) is 4.79 Å². The number of benzene rings is 1. The number of amides is 1. The second kappa shape index (κ2) is 7.79. The van der Waals surface area contributed by atoms with Crippen LogP contribution in [0.15, 0.2) is 18.2 Å². The molecule has 0 fully saturated rings. The number of aryl methyl sites for hydroxylation is 1. The molecule has 0 aliphatic rings. The number of nitrogens with zero attached hydrogens (tertiary/aromatic N) is 1. The number of thiocarbonyl (C=S) groups is 1. The summed E-state index contributed by atoms with van der Waals surface area (Å²) in [7, 11) is 1.70. The SMILES string of the molecule is Cc1cc(F)ccc1OCCC(=O)N(C)CCC(N)=S. The maximum absolute atomic E-state index is 12.9. The highest BCUT2D eigenvalue weighted by Gasteiger charge is 2.09. The van der Waals surface area contributed by atoms with Crippen LogP contribution in [0, 0.1) is 12.7 Å². The van der Waals surface area contributed by atoms with Crippen molar-refractivity contribution in [1.29, 1.82) is 0 Å². The zero-order valence-corrected chi connectivity index (χ0v) is 12.5. The number of nitrogens with two attached hydrogens (primary N) is 1. The van der Waals surface area contributed by atoms with Crippen molar-refractivity contribution in [2.45, 2.75) is 19.8 Å². The van der Waals surface area contributed by atoms with Gasteiger partial charge >= 0.3 is 0 Å². The molecule has 6 heteroatoms. The predicted molar refractivity (Wildman–Crippen MR) is 80.3 cm³/mol. The highest BCUT2D eigenvalue weighted by atomic mass is 32.1. The average molecular weight is 298 g/mol. The van der Waals surface area contributed by atoms with Gasteiger partial charge in [0.15, 0.2) is 0 Å². The molecule has 110 valence electrons. The Bertz CT molecular complexity index is 494. The fourth-order valence-corrected chi connectivity index (χ4v) is 1.71. The largest absolute Gasteiger partial charge is 0.493 e. The Balaban J connectivity index is 2.36. The van der Waals surface area contributed by atoms with Crippen LogP contribution < -0.4 is 10.5 Å². The van der Waals surface area contributed by atoms with E-state index in [2.05, 4.69) is 0 Å². The third kappa shape index (κ3) is 5.52. The first-order chi connectivity index (χ1) is 9.40. The van der Waals surface area contributed by atoms with Crippen LogP contribution in [0.25, 0.3) is 0 Å². The first-order valence-corrected chi connectivity index (χ1v) is 6.72. The second-order valence-electron chi connectivity index (χ2n) is 4.54. The summed E-state index contributed by atoms with van der Waals surface area (Å²) >= 11 is 4.76. The maximum Gasteiger partial charge on any atom is 0.225 e. The van der Waals surface area contributed by atoms with Gasteiger partial charge in [-0.25, -0.2) is 4.39 Å². The summed E-state index contributed by atoms with van der Waals surface area (Å²) in [6.45, 7) is 2.51. The molecule has 0 atom stereocenters. The Morgan fingerprint density at radius 2 is 2.15 bits per heavy atom. The molecule has 1 aromatic carbocycles. The lowest BCUT2D eigenvalue weighted by Crippen LogP contribution is -2.30. The van der Waals surface area contributed by atoms with Gasteiger partial charge in [-0.2, -0.15) is 0 Å². The third-order valence-corrected chi connectivity index (χ3v) is 3.03. The topological polar surface area (TPSA) is 55.6 Å². The molecular weight excluding hydrogens is 279 g/mol. The molecule has 1 rings (SSSR count). The minimum absolute atomic E-state index is 0.0407. The van der Waals surface area contributed by atoms with Crippen molar-refractivity contribution in [3.63, 3.8) is 0 Å². The van der Waals surface area contributed by atoms with E-state index in [4.69, 9.17) is 22.7 Å². The molecule has 0 unspecified atom stereocenters. The van der Waals surface area contributed by atoms with Gasteiger partial charge in [-0.15, -0.1) is 0 Å². The van der Waals surface area contributed by atoms with Crippen molar-refractivity contribution >= 4 is 23.1 Å². The molecule has 0 bridgehead atoms. The third-order valence-electron chi connectivity index (χ3n) is 2.83. The van der Waals surface area contributed by atoms with Crippen molar-refractivity contribution < 1.29 is 13.9 Å². The predicted octanol–water partition coefficient (Wildman–Crippen LogP) is 2.04. The Morgan fingerprint density at radius 1 is 1.45 bits per heavy atom. The van der Waals surface area contributed by atoms with Crippen molar-refractivity contribution in [1.82, 2.24) is 4.90 Å². The Hall–Kier alpha value is -1.69. The van der Waals surface area contributed by atoms with Gasteiger partial charge in [-0.3, -0.25) is 4.79 Å². The number of ether oxygens (including phenoxy) is 1. The Labute approximate surface area is 123 Å². The summed E-state index contributed by atoms with van der Waals surface area (Å²) in [4.78, 5) is 13.7. The van der Waals surface area contributed by atoms with E-state index in [9.17, 15) is 9.18 Å². The molecule has 0 spiro atoms. The molecule has 0 aromatic heterocycles. The van der Waals surface area contributed by atoms with E-state index in [1.54, 1.807) is 24.9 Å². The van der Waals surface area contributed by atoms with Crippen molar-refractivity contribution in [2.75, 3.05) is 20.2 Å². The summed E-state index contributed by atoms with van der Waals surface area (Å²) in [5.41, 5.74) is 6.09. The van der Waals surface area contributed by atoms with Crippen molar-refractivity contribution in [2.24, 2.45) is 5.73 Å². The number of rotatable bonds is 7. The number of carbonyl (C=O) groups excluding carboxylic acids is 1. The molecule has 0 radical (unpaired) electrons. The molecule has 0 aliphatic heterocycles. The van der Waals surface area contributed by atoms with Crippen molar-refractivity contribution in [3.05, 3.63) is 29.6 Å². The summed E-state index contributed by atoms with van der Waals surface area (Å²) < 4.78 is 18.4. The standard InChI is InChI=1S/C14H19FN2O2S/c1-10-9-11(15)3-4-12(10)19-8-6-14(18)17(2)7-5-13(16)20/h3-4,9H,5-8H2,1-2H3,(H2,16,20). The van der Waals surface area contributed by atoms with E-state index < -0.39 is 0 Å². The lowest BCUT2D eigenvalue weighted by atomic mass is 10.2. The van der Waals surface area contributed by atoms with Gasteiger partial charge in [-0.05, 0) is 30.7 Å². The zero-order valence-electron chi connectivity index (χ0n) is 11.7. The van der Waals surface area contributed by atoms with Gasteiger partial charge in [0.25, 0.3) is 0 Å². The molecule has 2 N–H and O–H groups in total. The summed E-state index contributed by atoms with van der Waals surface area (Å²) in [6.07, 6.45) is 0.764. The van der Waals surface area contributed by atoms with E-state index >= 15 is 0 Å². The Kier molecular flexibility index (Phi) is 6.38. The van der Waals surface area contributed by atoms with Crippen LogP contribution >= 0.6 is 12.2 Å². The molecule has 0 heterocycles. The first-order valence-electron chi connectivity index (χ1n) is 6.31. The zero-order chi connectivity index (χ0) is 15.1. The molecule has 0 aliphatic carbocycles. The van der Waals surface area contributed by atoms with Gasteiger partial charge in [0, 0.05) is 20.0 Å². The summed E-state index contributed by atoms with van der Waals surface area (Å²) in [6, 6.07) is 4.29. The normalized spacial score (nSPS) is 10.2. The highest BCUT2D eigenvalue weighted by Crippen LogP contribution is 2.18. The minimum Gasteiger partial charge on any atom is -0.493 e. The first kappa shape index (κ1) is 16.4. The average Bonchev–Trinajstić information content (AvgIpc) is 2.38. The molecule has 0 saturated carbocycles. The second-order valence-corrected chi connectivity index (χ2v) is 5.06. The molecule has 1 amide bonds. The van der Waals surface area contributed by atoms with Gasteiger partial charge in [-0.1, -0.05) is 12.2 Å². The maximum atomic E-state index is 12.9. The number of carbonyl (C=O) groups is 1. The molecule has 0 saturated heterocycles. The van der Waals surface area contributed by atoms with Crippen LogP contribution in [0.3, 0.4) is 0 Å². The number of hydrogen-bond acceptors (Lipinski definition) is 3. The molecule has 20 heavy (non-hydrogen) atoms. The summed E-state index contributed by atoms with van der Waals surface area (Å²) in [5, 5.41) is 0. The van der Waals surface area contributed by atoms with Crippen LogP contribution in [-0.4, -0.2) is 36.0 Å². The van der Waals surface area contributed by atoms with E-state index in [1.807, 2.05) is 0 Å². The molecule has 1 aromatic rings. The number of hydrogen-bond donors (Lipinski definition) is 1.